The summed E-state index contributed by atoms with van der Waals surface area (Å²) >= 11 is 0. The Hall–Kier alpha value is -1.10. The Kier molecular flexibility index (Phi) is 4.20. The van der Waals surface area contributed by atoms with Gasteiger partial charge in [0.05, 0.1) is 12.0 Å². The second kappa shape index (κ2) is 5.95. The van der Waals surface area contributed by atoms with Crippen molar-refractivity contribution in [3.63, 3.8) is 0 Å². The van der Waals surface area contributed by atoms with Gasteiger partial charge in [-0.25, -0.2) is 0 Å². The van der Waals surface area contributed by atoms with Crippen LogP contribution in [-0.4, -0.2) is 35.1 Å². The Morgan fingerprint density at radius 2 is 1.76 bits per heavy atom. The molecule has 118 valence electrons. The van der Waals surface area contributed by atoms with E-state index in [1.54, 1.807) is 0 Å². The van der Waals surface area contributed by atoms with E-state index in [2.05, 4.69) is 10.6 Å². The second-order valence-electron chi connectivity index (χ2n) is 7.10. The van der Waals surface area contributed by atoms with Gasteiger partial charge in [0.25, 0.3) is 0 Å². The van der Waals surface area contributed by atoms with Gasteiger partial charge in [-0.3, -0.25) is 9.59 Å². The van der Waals surface area contributed by atoms with Crippen LogP contribution in [0.5, 0.6) is 0 Å². The van der Waals surface area contributed by atoms with Crippen molar-refractivity contribution in [1.29, 1.82) is 0 Å². The van der Waals surface area contributed by atoms with E-state index < -0.39 is 5.97 Å². The molecule has 3 N–H and O–H groups in total. The number of nitrogens with one attached hydrogen (secondary N) is 2. The van der Waals surface area contributed by atoms with Crippen LogP contribution in [0.3, 0.4) is 0 Å². The molecule has 3 aliphatic rings. The number of carbonyl (C=O) groups excluding carboxylic acids is 1. The highest BCUT2D eigenvalue weighted by Crippen LogP contribution is 2.48. The molecule has 3 rings (SSSR count). The summed E-state index contributed by atoms with van der Waals surface area (Å²) in [6.07, 6.45) is 7.67. The lowest BCUT2D eigenvalue weighted by atomic mass is 9.84. The Bertz CT molecular complexity index is 420. The summed E-state index contributed by atoms with van der Waals surface area (Å²) in [5, 5.41) is 15.9. The number of carbonyl (C=O) groups is 2. The van der Waals surface area contributed by atoms with Crippen LogP contribution in [0.15, 0.2) is 0 Å². The van der Waals surface area contributed by atoms with Crippen LogP contribution in [0.1, 0.15) is 51.9 Å². The van der Waals surface area contributed by atoms with Gasteiger partial charge in [0, 0.05) is 12.1 Å². The van der Waals surface area contributed by atoms with Crippen LogP contribution >= 0.6 is 0 Å². The van der Waals surface area contributed by atoms with Gasteiger partial charge in [-0.2, -0.15) is 0 Å². The van der Waals surface area contributed by atoms with E-state index >= 15 is 0 Å². The Morgan fingerprint density at radius 3 is 2.43 bits per heavy atom. The predicted octanol–water partition coefficient (Wildman–Crippen LogP) is 1.52. The fourth-order valence-corrected chi connectivity index (χ4v) is 4.65. The third-order valence-electron chi connectivity index (χ3n) is 5.74. The van der Waals surface area contributed by atoms with Gasteiger partial charge in [-0.05, 0) is 50.9 Å². The molecule has 1 amide bonds. The summed E-state index contributed by atoms with van der Waals surface area (Å²) in [6.45, 7) is 1.86. The van der Waals surface area contributed by atoms with Crippen molar-refractivity contribution in [2.45, 2.75) is 70.0 Å². The van der Waals surface area contributed by atoms with E-state index in [4.69, 9.17) is 0 Å². The number of hydrogen-bond acceptors (Lipinski definition) is 3. The van der Waals surface area contributed by atoms with E-state index in [0.717, 1.165) is 32.1 Å². The number of hydrogen-bond donors (Lipinski definition) is 3. The minimum absolute atomic E-state index is 0.0220. The summed E-state index contributed by atoms with van der Waals surface area (Å²) < 4.78 is 0. The molecule has 21 heavy (non-hydrogen) atoms. The van der Waals surface area contributed by atoms with Crippen molar-refractivity contribution >= 4 is 11.9 Å². The molecule has 5 unspecified atom stereocenters. The van der Waals surface area contributed by atoms with E-state index in [-0.39, 0.29) is 23.9 Å². The molecule has 3 fully saturated rings. The van der Waals surface area contributed by atoms with Crippen molar-refractivity contribution in [2.24, 2.45) is 17.8 Å². The molecule has 5 heteroatoms. The first-order valence-corrected chi connectivity index (χ1v) is 8.35. The minimum atomic E-state index is -0.705. The fraction of sp³-hybridized carbons (Fsp3) is 0.875. The fourth-order valence-electron chi connectivity index (χ4n) is 4.65. The van der Waals surface area contributed by atoms with Gasteiger partial charge in [0.1, 0.15) is 0 Å². The SMILES string of the molecule is CC(NC1C2CCC(C2)C1C(=O)O)C(=O)NC1CCCC1. The molecule has 5 atom stereocenters. The first kappa shape index (κ1) is 14.8. The largest absolute Gasteiger partial charge is 0.481 e. The molecular formula is C16H26N2O3. The summed E-state index contributed by atoms with van der Waals surface area (Å²) in [5.41, 5.74) is 0. The lowest BCUT2D eigenvalue weighted by molar-refractivity contribution is -0.145. The van der Waals surface area contributed by atoms with Crippen LogP contribution < -0.4 is 10.6 Å². The highest BCUT2D eigenvalue weighted by Gasteiger charge is 2.51. The normalized spacial score (nSPS) is 36.8. The third-order valence-corrected chi connectivity index (χ3v) is 5.74. The Morgan fingerprint density at radius 1 is 1.10 bits per heavy atom. The molecule has 2 bridgehead atoms. The van der Waals surface area contributed by atoms with Crippen molar-refractivity contribution < 1.29 is 14.7 Å². The van der Waals surface area contributed by atoms with Crippen molar-refractivity contribution in [1.82, 2.24) is 10.6 Å². The van der Waals surface area contributed by atoms with Gasteiger partial charge < -0.3 is 15.7 Å². The van der Waals surface area contributed by atoms with Crippen molar-refractivity contribution in [3.05, 3.63) is 0 Å². The number of amides is 1. The van der Waals surface area contributed by atoms with Crippen LogP contribution in [0.4, 0.5) is 0 Å². The summed E-state index contributed by atoms with van der Waals surface area (Å²) in [7, 11) is 0. The van der Waals surface area contributed by atoms with Gasteiger partial charge >= 0.3 is 5.97 Å². The van der Waals surface area contributed by atoms with Gasteiger partial charge in [-0.15, -0.1) is 0 Å². The van der Waals surface area contributed by atoms with Crippen molar-refractivity contribution in [3.8, 4) is 0 Å². The lowest BCUT2D eigenvalue weighted by Crippen LogP contribution is -2.53. The summed E-state index contributed by atoms with van der Waals surface area (Å²) in [6, 6.07) is -0.0283. The summed E-state index contributed by atoms with van der Waals surface area (Å²) in [5.74, 6) is -0.268. The minimum Gasteiger partial charge on any atom is -0.481 e. The molecule has 3 saturated carbocycles. The quantitative estimate of drug-likeness (QED) is 0.718. The zero-order chi connectivity index (χ0) is 15.0. The van der Waals surface area contributed by atoms with E-state index in [1.165, 1.54) is 12.8 Å². The average Bonchev–Trinajstić information content (AvgIpc) is 3.14. The average molecular weight is 294 g/mol. The number of carboxylic acids is 1. The molecule has 3 aliphatic carbocycles. The Labute approximate surface area is 125 Å². The molecule has 0 radical (unpaired) electrons. The summed E-state index contributed by atoms with van der Waals surface area (Å²) in [4.78, 5) is 23.7. The molecule has 0 aromatic rings. The van der Waals surface area contributed by atoms with E-state index in [9.17, 15) is 14.7 Å². The molecule has 0 heterocycles. The van der Waals surface area contributed by atoms with Crippen LogP contribution in [0, 0.1) is 17.8 Å². The highest BCUT2D eigenvalue weighted by molar-refractivity contribution is 5.82. The van der Waals surface area contributed by atoms with Crippen LogP contribution in [0.25, 0.3) is 0 Å². The molecular weight excluding hydrogens is 268 g/mol. The van der Waals surface area contributed by atoms with E-state index in [1.807, 2.05) is 6.92 Å². The van der Waals surface area contributed by atoms with Crippen LogP contribution in [0.2, 0.25) is 0 Å². The number of rotatable bonds is 5. The first-order chi connectivity index (χ1) is 10.1. The smallest absolute Gasteiger partial charge is 0.308 e. The number of aliphatic carboxylic acids is 1. The maximum atomic E-state index is 12.2. The third kappa shape index (κ3) is 2.93. The zero-order valence-corrected chi connectivity index (χ0v) is 12.7. The predicted molar refractivity (Wildman–Crippen MR) is 78.7 cm³/mol. The highest BCUT2D eigenvalue weighted by atomic mass is 16.4. The lowest BCUT2D eigenvalue weighted by Gasteiger charge is -2.31. The van der Waals surface area contributed by atoms with Gasteiger partial charge in [-0.1, -0.05) is 12.8 Å². The molecule has 0 spiro atoms. The first-order valence-electron chi connectivity index (χ1n) is 8.35. The van der Waals surface area contributed by atoms with Crippen LogP contribution in [-0.2, 0) is 9.59 Å². The molecule has 0 aliphatic heterocycles. The molecule has 0 aromatic heterocycles. The van der Waals surface area contributed by atoms with Crippen molar-refractivity contribution in [2.75, 3.05) is 0 Å². The monoisotopic (exact) mass is 294 g/mol. The van der Waals surface area contributed by atoms with E-state index in [0.29, 0.717) is 17.9 Å². The molecule has 0 aromatic carbocycles. The molecule has 0 saturated heterocycles. The van der Waals surface area contributed by atoms with Gasteiger partial charge in [0.15, 0.2) is 0 Å². The maximum absolute atomic E-state index is 12.2. The molecule has 5 nitrogen and oxygen atoms in total. The standard InChI is InChI=1S/C16H26N2O3/c1-9(15(19)18-12-4-2-3-5-12)17-14-11-7-6-10(8-11)13(14)16(20)21/h9-14,17H,2-8H2,1H3,(H,18,19)(H,20,21). The Balaban J connectivity index is 1.57. The zero-order valence-electron chi connectivity index (χ0n) is 12.7. The maximum Gasteiger partial charge on any atom is 0.308 e. The van der Waals surface area contributed by atoms with Gasteiger partial charge in [0.2, 0.25) is 5.91 Å². The second-order valence-corrected chi connectivity index (χ2v) is 7.10. The number of carboxylic acid groups (broad SMARTS) is 1. The number of fused-ring (bicyclic) bond motifs is 2. The topological polar surface area (TPSA) is 78.4 Å².